The van der Waals surface area contributed by atoms with Gasteiger partial charge in [0.2, 0.25) is 15.3 Å². The summed E-state index contributed by atoms with van der Waals surface area (Å²) < 4.78 is 26.0. The second-order valence-corrected chi connectivity index (χ2v) is 6.66. The van der Waals surface area contributed by atoms with Crippen LogP contribution in [0.1, 0.15) is 18.4 Å². The van der Waals surface area contributed by atoms with Gasteiger partial charge in [0.15, 0.2) is 0 Å². The second-order valence-electron chi connectivity index (χ2n) is 4.39. The molecule has 0 radical (unpaired) electrons. The molecule has 1 aromatic rings. The first-order chi connectivity index (χ1) is 8.43. The van der Waals surface area contributed by atoms with Crippen molar-refractivity contribution in [2.75, 3.05) is 6.54 Å². The molecule has 98 valence electrons. The van der Waals surface area contributed by atoms with Crippen LogP contribution in [0.4, 0.5) is 0 Å². The Labute approximate surface area is 112 Å². The maximum Gasteiger partial charge on any atom is 0.243 e. The highest BCUT2D eigenvalue weighted by Crippen LogP contribution is 2.27. The highest BCUT2D eigenvalue weighted by Gasteiger charge is 2.38. The van der Waals surface area contributed by atoms with Crippen molar-refractivity contribution in [1.29, 1.82) is 0 Å². The van der Waals surface area contributed by atoms with Gasteiger partial charge < -0.3 is 0 Å². The Kier molecular flexibility index (Phi) is 3.75. The van der Waals surface area contributed by atoms with Crippen molar-refractivity contribution >= 4 is 26.9 Å². The van der Waals surface area contributed by atoms with E-state index in [0.717, 1.165) is 5.56 Å². The topological polar surface area (TPSA) is 54.5 Å². The number of nitrogens with zero attached hydrogens (tertiary/aromatic N) is 1. The van der Waals surface area contributed by atoms with Gasteiger partial charge in [-0.25, -0.2) is 8.42 Å². The Bertz CT molecular complexity index is 570. The molecule has 1 aromatic carbocycles. The summed E-state index contributed by atoms with van der Waals surface area (Å²) in [6, 6.07) is 5.93. The fraction of sp³-hybridized carbons (Fsp3) is 0.417. The average molecular weight is 288 g/mol. The lowest BCUT2D eigenvalue weighted by atomic mass is 10.2. The van der Waals surface area contributed by atoms with E-state index in [1.165, 1.54) is 10.4 Å². The highest BCUT2D eigenvalue weighted by molar-refractivity contribution is 7.89. The molecule has 0 aliphatic carbocycles. The maximum atomic E-state index is 12.4. The largest absolute Gasteiger partial charge is 0.279 e. The lowest BCUT2D eigenvalue weighted by molar-refractivity contribution is -0.114. The summed E-state index contributed by atoms with van der Waals surface area (Å²) in [5.74, 6) is 0. The van der Waals surface area contributed by atoms with Gasteiger partial charge in [0.1, 0.15) is 0 Å². The predicted octanol–water partition coefficient (Wildman–Crippen LogP) is 1.91. The van der Waals surface area contributed by atoms with Gasteiger partial charge in [-0.2, -0.15) is 4.31 Å². The van der Waals surface area contributed by atoms with E-state index in [2.05, 4.69) is 0 Å². The van der Waals surface area contributed by atoms with Gasteiger partial charge in [-0.1, -0.05) is 12.1 Å². The van der Waals surface area contributed by atoms with Crippen molar-refractivity contribution in [1.82, 2.24) is 4.31 Å². The molecule has 1 saturated heterocycles. The van der Waals surface area contributed by atoms with Gasteiger partial charge in [0, 0.05) is 6.54 Å². The second kappa shape index (κ2) is 4.99. The van der Waals surface area contributed by atoms with Crippen LogP contribution in [-0.2, 0) is 14.8 Å². The van der Waals surface area contributed by atoms with E-state index >= 15 is 0 Å². The van der Waals surface area contributed by atoms with E-state index in [4.69, 9.17) is 11.6 Å². The SMILES string of the molecule is Cc1cccc(S(=O)(=O)N2CCCC2C(=O)Cl)c1. The molecule has 2 rings (SSSR count). The van der Waals surface area contributed by atoms with E-state index in [9.17, 15) is 13.2 Å². The van der Waals surface area contributed by atoms with Crippen LogP contribution in [0.5, 0.6) is 0 Å². The van der Waals surface area contributed by atoms with Gasteiger partial charge in [-0.3, -0.25) is 4.79 Å². The standard InChI is InChI=1S/C12H14ClNO3S/c1-9-4-2-5-10(8-9)18(16,17)14-7-3-6-11(14)12(13)15/h2,4-5,8,11H,3,6-7H2,1H3. The van der Waals surface area contributed by atoms with Crippen LogP contribution >= 0.6 is 11.6 Å². The Morgan fingerprint density at radius 1 is 1.44 bits per heavy atom. The molecule has 1 aliphatic heterocycles. The summed E-state index contributed by atoms with van der Waals surface area (Å²) in [6.45, 7) is 2.17. The monoisotopic (exact) mass is 287 g/mol. The highest BCUT2D eigenvalue weighted by atomic mass is 35.5. The third-order valence-electron chi connectivity index (χ3n) is 3.06. The van der Waals surface area contributed by atoms with Gasteiger partial charge >= 0.3 is 0 Å². The molecule has 18 heavy (non-hydrogen) atoms. The smallest absolute Gasteiger partial charge is 0.243 e. The lowest BCUT2D eigenvalue weighted by Gasteiger charge is -2.21. The first kappa shape index (κ1) is 13.5. The Morgan fingerprint density at radius 3 is 2.78 bits per heavy atom. The molecular weight excluding hydrogens is 274 g/mol. The fourth-order valence-electron chi connectivity index (χ4n) is 2.17. The minimum atomic E-state index is -3.63. The quantitative estimate of drug-likeness (QED) is 0.798. The van der Waals surface area contributed by atoms with Crippen LogP contribution < -0.4 is 0 Å². The van der Waals surface area contributed by atoms with Crippen molar-refractivity contribution in [3.63, 3.8) is 0 Å². The first-order valence-corrected chi connectivity index (χ1v) is 7.52. The summed E-state index contributed by atoms with van der Waals surface area (Å²) in [5.41, 5.74) is 0.865. The summed E-state index contributed by atoms with van der Waals surface area (Å²) >= 11 is 5.46. The molecule has 1 fully saturated rings. The number of sulfonamides is 1. The van der Waals surface area contributed by atoms with Crippen LogP contribution in [0.15, 0.2) is 29.2 Å². The Morgan fingerprint density at radius 2 is 2.17 bits per heavy atom. The third-order valence-corrected chi connectivity index (χ3v) is 5.22. The molecule has 0 saturated carbocycles. The molecule has 0 amide bonds. The van der Waals surface area contributed by atoms with Crippen molar-refractivity contribution in [3.05, 3.63) is 29.8 Å². The maximum absolute atomic E-state index is 12.4. The summed E-state index contributed by atoms with van der Waals surface area (Å²) in [4.78, 5) is 11.5. The zero-order valence-electron chi connectivity index (χ0n) is 9.97. The van der Waals surface area contributed by atoms with E-state index in [0.29, 0.717) is 19.4 Å². The number of aryl methyl sites for hydroxylation is 1. The first-order valence-electron chi connectivity index (χ1n) is 5.71. The third kappa shape index (κ3) is 2.43. The minimum absolute atomic E-state index is 0.215. The normalized spacial score (nSPS) is 21.1. The van der Waals surface area contributed by atoms with Crippen molar-refractivity contribution < 1.29 is 13.2 Å². The van der Waals surface area contributed by atoms with Crippen molar-refractivity contribution in [2.45, 2.75) is 30.7 Å². The molecule has 6 heteroatoms. The number of hydrogen-bond acceptors (Lipinski definition) is 3. The number of benzene rings is 1. The van der Waals surface area contributed by atoms with Crippen LogP contribution in [0.2, 0.25) is 0 Å². The molecule has 1 heterocycles. The number of carbonyl (C=O) groups excluding carboxylic acids is 1. The zero-order chi connectivity index (χ0) is 13.3. The van der Waals surface area contributed by atoms with Crippen LogP contribution in [0.25, 0.3) is 0 Å². The molecule has 0 N–H and O–H groups in total. The predicted molar refractivity (Wildman–Crippen MR) is 69.0 cm³/mol. The van der Waals surface area contributed by atoms with E-state index in [1.54, 1.807) is 12.1 Å². The molecule has 1 unspecified atom stereocenters. The summed E-state index contributed by atoms with van der Waals surface area (Å²) in [7, 11) is -3.63. The van der Waals surface area contributed by atoms with Crippen LogP contribution in [0, 0.1) is 6.92 Å². The van der Waals surface area contributed by atoms with E-state index in [1.807, 2.05) is 13.0 Å². The van der Waals surface area contributed by atoms with Gasteiger partial charge in [0.05, 0.1) is 10.9 Å². The molecule has 0 bridgehead atoms. The molecule has 0 spiro atoms. The fourth-order valence-corrected chi connectivity index (χ4v) is 4.21. The van der Waals surface area contributed by atoms with Crippen molar-refractivity contribution in [2.24, 2.45) is 0 Å². The number of carbonyl (C=O) groups is 1. The lowest BCUT2D eigenvalue weighted by Crippen LogP contribution is -2.38. The van der Waals surface area contributed by atoms with E-state index < -0.39 is 21.3 Å². The Hall–Kier alpha value is -0.910. The van der Waals surface area contributed by atoms with Crippen LogP contribution in [-0.4, -0.2) is 30.6 Å². The van der Waals surface area contributed by atoms with E-state index in [-0.39, 0.29) is 4.90 Å². The number of hydrogen-bond donors (Lipinski definition) is 0. The minimum Gasteiger partial charge on any atom is -0.279 e. The van der Waals surface area contributed by atoms with Crippen LogP contribution in [0.3, 0.4) is 0 Å². The molecule has 4 nitrogen and oxygen atoms in total. The number of rotatable bonds is 3. The summed E-state index contributed by atoms with van der Waals surface area (Å²) in [6.07, 6.45) is 1.15. The average Bonchev–Trinajstić information content (AvgIpc) is 2.78. The van der Waals surface area contributed by atoms with Gasteiger partial charge in [-0.15, -0.1) is 0 Å². The van der Waals surface area contributed by atoms with Gasteiger partial charge in [-0.05, 0) is 49.1 Å². The zero-order valence-corrected chi connectivity index (χ0v) is 11.5. The molecular formula is C12H14ClNO3S. The Balaban J connectivity index is 2.40. The number of halogens is 1. The molecule has 0 aromatic heterocycles. The summed E-state index contributed by atoms with van der Waals surface area (Å²) in [5, 5.41) is -0.608. The van der Waals surface area contributed by atoms with Crippen molar-refractivity contribution in [3.8, 4) is 0 Å². The molecule has 1 aliphatic rings. The molecule has 1 atom stereocenters. The van der Waals surface area contributed by atoms with Gasteiger partial charge in [0.25, 0.3) is 0 Å².